The monoisotopic (exact) mass is 414 g/mol. The Hall–Kier alpha value is -1.83. The molecule has 6 nitrogen and oxygen atoms in total. The first kappa shape index (κ1) is 20.4. The molecule has 2 fully saturated rings. The largest absolute Gasteiger partial charge is 0.472 e. The van der Waals surface area contributed by atoms with Gasteiger partial charge in [0.25, 0.3) is 0 Å². The number of aromatic nitrogens is 2. The summed E-state index contributed by atoms with van der Waals surface area (Å²) in [5, 5.41) is 0. The maximum atomic E-state index is 6.05. The summed E-state index contributed by atoms with van der Waals surface area (Å²) in [6.07, 6.45) is 7.24. The summed E-state index contributed by atoms with van der Waals surface area (Å²) in [6, 6.07) is 8.11. The molecule has 2 saturated heterocycles. The van der Waals surface area contributed by atoms with Crippen LogP contribution >= 0.6 is 11.9 Å². The van der Waals surface area contributed by atoms with Gasteiger partial charge in [0.2, 0.25) is 11.8 Å². The summed E-state index contributed by atoms with van der Waals surface area (Å²) < 4.78 is 14.3. The Morgan fingerprint density at radius 1 is 1.07 bits per heavy atom. The van der Waals surface area contributed by atoms with E-state index in [9.17, 15) is 0 Å². The number of aryl methyl sites for hydroxylation is 1. The number of ether oxygens (including phenoxy) is 2. The summed E-state index contributed by atoms with van der Waals surface area (Å²) in [4.78, 5) is 11.3. The summed E-state index contributed by atoms with van der Waals surface area (Å²) >= 11 is 1.76. The average Bonchev–Trinajstić information content (AvgIpc) is 2.62. The number of pyridine rings is 2. The van der Waals surface area contributed by atoms with Gasteiger partial charge < -0.3 is 9.47 Å². The molecule has 0 spiro atoms. The van der Waals surface area contributed by atoms with E-state index in [2.05, 4.69) is 45.3 Å². The predicted molar refractivity (Wildman–Crippen MR) is 116 cm³/mol. The molecular formula is C22H30N4O2S. The Labute approximate surface area is 177 Å². The molecule has 29 heavy (non-hydrogen) atoms. The minimum absolute atomic E-state index is 0.0515. The fourth-order valence-corrected chi connectivity index (χ4v) is 4.38. The number of nitrogens with zero attached hydrogens (tertiary/aromatic N) is 4. The van der Waals surface area contributed by atoms with Crippen molar-refractivity contribution in [2.75, 3.05) is 32.4 Å². The van der Waals surface area contributed by atoms with Crippen LogP contribution in [0.1, 0.15) is 25.0 Å². The van der Waals surface area contributed by atoms with Crippen LogP contribution in [-0.2, 0) is 6.42 Å². The van der Waals surface area contributed by atoms with Gasteiger partial charge in [0.1, 0.15) is 12.2 Å². The second-order valence-corrected chi connectivity index (χ2v) is 9.42. The molecule has 0 aliphatic carbocycles. The van der Waals surface area contributed by atoms with Crippen LogP contribution in [0.2, 0.25) is 0 Å². The van der Waals surface area contributed by atoms with E-state index in [1.165, 1.54) is 5.56 Å². The van der Waals surface area contributed by atoms with Crippen LogP contribution in [0.3, 0.4) is 0 Å². The van der Waals surface area contributed by atoms with Crippen molar-refractivity contribution in [2.45, 2.75) is 44.9 Å². The molecule has 0 unspecified atom stereocenters. The van der Waals surface area contributed by atoms with Gasteiger partial charge in [-0.05, 0) is 45.1 Å². The van der Waals surface area contributed by atoms with Gasteiger partial charge in [-0.3, -0.25) is 4.90 Å². The van der Waals surface area contributed by atoms with E-state index in [0.717, 1.165) is 49.9 Å². The van der Waals surface area contributed by atoms with E-state index in [1.807, 2.05) is 31.3 Å². The number of likely N-dealkylation sites (tertiary alicyclic amines) is 1. The van der Waals surface area contributed by atoms with E-state index < -0.39 is 0 Å². The summed E-state index contributed by atoms with van der Waals surface area (Å²) in [6.45, 7) is 10.4. The molecule has 0 radical (unpaired) electrons. The van der Waals surface area contributed by atoms with Gasteiger partial charge >= 0.3 is 0 Å². The molecule has 2 aliphatic heterocycles. The van der Waals surface area contributed by atoms with E-state index in [0.29, 0.717) is 0 Å². The van der Waals surface area contributed by atoms with Crippen molar-refractivity contribution in [2.24, 2.45) is 0 Å². The molecule has 0 saturated carbocycles. The highest BCUT2D eigenvalue weighted by Gasteiger charge is 2.39. The maximum Gasteiger partial charge on any atom is 0.216 e. The lowest BCUT2D eigenvalue weighted by Gasteiger charge is -2.48. The van der Waals surface area contributed by atoms with Crippen molar-refractivity contribution in [3.63, 3.8) is 0 Å². The standard InChI is InChI=1S/C22H30N4O2S/c1-16-6-5-9-23-21(16)28-18-12-25(13-18)22(2,3)10-17-7-8-20(24-11-17)27-19-14-26(15-19)29-4/h5-9,11,18-19H,10,12-15H2,1-4H3. The molecule has 0 amide bonds. The molecule has 0 aromatic carbocycles. The third-order valence-corrected chi connectivity index (χ3v) is 6.55. The van der Waals surface area contributed by atoms with Gasteiger partial charge in [-0.1, -0.05) is 24.1 Å². The Morgan fingerprint density at radius 2 is 1.83 bits per heavy atom. The lowest BCUT2D eigenvalue weighted by Crippen LogP contribution is -2.62. The average molecular weight is 415 g/mol. The molecule has 4 heterocycles. The van der Waals surface area contributed by atoms with Crippen molar-refractivity contribution in [1.82, 2.24) is 19.2 Å². The Bertz CT molecular complexity index is 818. The van der Waals surface area contributed by atoms with Crippen molar-refractivity contribution >= 4 is 11.9 Å². The zero-order valence-corrected chi connectivity index (χ0v) is 18.5. The number of hydrogen-bond acceptors (Lipinski definition) is 7. The van der Waals surface area contributed by atoms with Crippen LogP contribution in [0.5, 0.6) is 11.8 Å². The molecule has 0 atom stereocenters. The molecule has 156 valence electrons. The van der Waals surface area contributed by atoms with E-state index in [1.54, 1.807) is 18.1 Å². The Morgan fingerprint density at radius 3 is 2.48 bits per heavy atom. The number of rotatable bonds is 8. The third-order valence-electron chi connectivity index (χ3n) is 5.74. The molecule has 2 aromatic rings. The quantitative estimate of drug-likeness (QED) is 0.615. The van der Waals surface area contributed by atoms with Crippen molar-refractivity contribution in [3.8, 4) is 11.8 Å². The lowest BCUT2D eigenvalue weighted by atomic mass is 9.90. The zero-order valence-electron chi connectivity index (χ0n) is 17.7. The lowest BCUT2D eigenvalue weighted by molar-refractivity contribution is -0.0438. The summed E-state index contributed by atoms with van der Waals surface area (Å²) in [5.74, 6) is 1.47. The molecule has 2 aromatic heterocycles. The zero-order chi connectivity index (χ0) is 20.4. The maximum absolute atomic E-state index is 6.05. The van der Waals surface area contributed by atoms with Gasteiger partial charge in [0, 0.05) is 55.7 Å². The van der Waals surface area contributed by atoms with Gasteiger partial charge in [-0.2, -0.15) is 0 Å². The predicted octanol–water partition coefficient (Wildman–Crippen LogP) is 3.21. The number of hydrogen-bond donors (Lipinski definition) is 0. The fourth-order valence-electron chi connectivity index (χ4n) is 3.75. The van der Waals surface area contributed by atoms with E-state index in [-0.39, 0.29) is 17.7 Å². The second kappa shape index (κ2) is 8.50. The summed E-state index contributed by atoms with van der Waals surface area (Å²) in [5.41, 5.74) is 2.36. The van der Waals surface area contributed by atoms with Gasteiger partial charge in [0.15, 0.2) is 0 Å². The molecule has 4 rings (SSSR count). The van der Waals surface area contributed by atoms with Crippen LogP contribution in [0.15, 0.2) is 36.7 Å². The van der Waals surface area contributed by atoms with Gasteiger partial charge in [-0.25, -0.2) is 14.3 Å². The minimum atomic E-state index is 0.0515. The summed E-state index contributed by atoms with van der Waals surface area (Å²) in [7, 11) is 0. The Balaban J connectivity index is 1.25. The van der Waals surface area contributed by atoms with E-state index >= 15 is 0 Å². The van der Waals surface area contributed by atoms with E-state index in [4.69, 9.17) is 9.47 Å². The molecule has 0 N–H and O–H groups in total. The van der Waals surface area contributed by atoms with Crippen molar-refractivity contribution < 1.29 is 9.47 Å². The normalized spacial score (nSPS) is 18.9. The third kappa shape index (κ3) is 4.85. The van der Waals surface area contributed by atoms with Crippen molar-refractivity contribution in [3.05, 3.63) is 47.8 Å². The van der Waals surface area contributed by atoms with Gasteiger partial charge in [-0.15, -0.1) is 0 Å². The highest BCUT2D eigenvalue weighted by atomic mass is 32.2. The van der Waals surface area contributed by atoms with Crippen LogP contribution < -0.4 is 9.47 Å². The Kier molecular flexibility index (Phi) is 5.99. The van der Waals surface area contributed by atoms with Crippen LogP contribution in [-0.4, -0.2) is 69.4 Å². The molecule has 2 aliphatic rings. The fraction of sp³-hybridized carbons (Fsp3) is 0.545. The highest BCUT2D eigenvalue weighted by molar-refractivity contribution is 7.96. The smallest absolute Gasteiger partial charge is 0.216 e. The first-order chi connectivity index (χ1) is 13.9. The van der Waals surface area contributed by atoms with Crippen molar-refractivity contribution in [1.29, 1.82) is 0 Å². The van der Waals surface area contributed by atoms with Crippen LogP contribution in [0.4, 0.5) is 0 Å². The van der Waals surface area contributed by atoms with Gasteiger partial charge in [0.05, 0.1) is 0 Å². The topological polar surface area (TPSA) is 50.7 Å². The van der Waals surface area contributed by atoms with Crippen LogP contribution in [0, 0.1) is 6.92 Å². The SMILES string of the molecule is CSN1CC(Oc2ccc(CC(C)(C)N3CC(Oc4ncccc4C)C3)cn2)C1. The van der Waals surface area contributed by atoms with Crippen LogP contribution in [0.25, 0.3) is 0 Å². The molecule has 7 heteroatoms. The minimum Gasteiger partial charge on any atom is -0.472 e. The molecular weight excluding hydrogens is 384 g/mol. The second-order valence-electron chi connectivity index (χ2n) is 8.53. The highest BCUT2D eigenvalue weighted by Crippen LogP contribution is 2.29. The molecule has 0 bridgehead atoms. The first-order valence-corrected chi connectivity index (χ1v) is 11.3. The first-order valence-electron chi connectivity index (χ1n) is 10.2.